The van der Waals surface area contributed by atoms with Gasteiger partial charge in [0.15, 0.2) is 0 Å². The number of rotatable bonds is 9. The highest BCUT2D eigenvalue weighted by Crippen LogP contribution is 2.23. The van der Waals surface area contributed by atoms with Gasteiger partial charge in [0.1, 0.15) is 11.9 Å². The van der Waals surface area contributed by atoms with E-state index in [0.717, 1.165) is 48.7 Å². The number of hydrogen-bond donors (Lipinski definition) is 3. The van der Waals surface area contributed by atoms with Gasteiger partial charge in [-0.05, 0) is 79.7 Å². The second-order valence-electron chi connectivity index (χ2n) is 8.62. The molecule has 1 aromatic heterocycles. The number of amides is 1. The van der Waals surface area contributed by atoms with Crippen molar-refractivity contribution in [3.05, 3.63) is 81.5 Å². The molecule has 4 rings (SSSR count). The summed E-state index contributed by atoms with van der Waals surface area (Å²) in [6.07, 6.45) is 3.50. The average Bonchev–Trinajstić information content (AvgIpc) is 3.38. The lowest BCUT2D eigenvalue weighted by atomic mass is 9.98. The number of nitrogen functional groups attached to an aromatic ring is 1. The fraction of sp³-hybridized carbons (Fsp3) is 0.333. The molecule has 3 aromatic rings. The monoisotopic (exact) mass is 476 g/mol. The number of carbonyl (C=O) groups is 1. The predicted molar refractivity (Wildman–Crippen MR) is 139 cm³/mol. The maximum atomic E-state index is 12.6. The molecule has 0 saturated carbocycles. The van der Waals surface area contributed by atoms with Crippen molar-refractivity contribution in [3.8, 4) is 5.75 Å². The Hall–Kier alpha value is -3.16. The van der Waals surface area contributed by atoms with Gasteiger partial charge in [-0.15, -0.1) is 11.3 Å². The van der Waals surface area contributed by atoms with Gasteiger partial charge in [-0.3, -0.25) is 10.2 Å². The van der Waals surface area contributed by atoms with Crippen LogP contribution in [0.25, 0.3) is 0 Å². The highest BCUT2D eigenvalue weighted by molar-refractivity contribution is 7.09. The van der Waals surface area contributed by atoms with E-state index in [1.807, 2.05) is 41.8 Å². The number of thiophene rings is 1. The lowest BCUT2D eigenvalue weighted by Crippen LogP contribution is -2.38. The molecule has 1 saturated heterocycles. The maximum absolute atomic E-state index is 12.6. The molecule has 1 aliphatic rings. The maximum Gasteiger partial charge on any atom is 0.251 e. The van der Waals surface area contributed by atoms with E-state index in [1.165, 1.54) is 6.42 Å². The van der Waals surface area contributed by atoms with E-state index in [0.29, 0.717) is 23.4 Å². The van der Waals surface area contributed by atoms with Gasteiger partial charge < -0.3 is 20.7 Å². The topological polar surface area (TPSA) is 91.4 Å². The molecule has 2 heterocycles. The first-order chi connectivity index (χ1) is 16.5. The summed E-state index contributed by atoms with van der Waals surface area (Å²) < 4.78 is 6.18. The first kappa shape index (κ1) is 24.0. The number of carbonyl (C=O) groups excluding carboxylic acids is 1. The van der Waals surface area contributed by atoms with E-state index >= 15 is 0 Å². The normalized spacial score (nSPS) is 14.6. The summed E-state index contributed by atoms with van der Waals surface area (Å²) in [5.74, 6) is 0.636. The van der Waals surface area contributed by atoms with Crippen molar-refractivity contribution < 1.29 is 9.53 Å². The smallest absolute Gasteiger partial charge is 0.251 e. The van der Waals surface area contributed by atoms with Crippen LogP contribution in [0.4, 0.5) is 5.69 Å². The van der Waals surface area contributed by atoms with Gasteiger partial charge in [0.2, 0.25) is 0 Å². The van der Waals surface area contributed by atoms with Crippen molar-refractivity contribution in [2.75, 3.05) is 25.4 Å². The second kappa shape index (κ2) is 11.3. The van der Waals surface area contributed by atoms with E-state index < -0.39 is 0 Å². The SMILES string of the molecule is CCCN1CCC(Oc2ccc(C(=N)c3cc(C(=O)NCc4cccs4)ccc3N)cc2)CC1. The van der Waals surface area contributed by atoms with Crippen LogP contribution in [0.15, 0.2) is 60.0 Å². The Labute approximate surface area is 205 Å². The van der Waals surface area contributed by atoms with Gasteiger partial charge in [-0.2, -0.15) is 0 Å². The summed E-state index contributed by atoms with van der Waals surface area (Å²) in [7, 11) is 0. The van der Waals surface area contributed by atoms with Crippen LogP contribution in [0.1, 0.15) is 52.5 Å². The Kier molecular flexibility index (Phi) is 7.98. The predicted octanol–water partition coefficient (Wildman–Crippen LogP) is 4.93. The summed E-state index contributed by atoms with van der Waals surface area (Å²) in [5, 5.41) is 13.6. The zero-order valence-corrected chi connectivity index (χ0v) is 20.4. The van der Waals surface area contributed by atoms with Crippen molar-refractivity contribution in [1.82, 2.24) is 10.2 Å². The highest BCUT2D eigenvalue weighted by atomic mass is 32.1. The van der Waals surface area contributed by atoms with E-state index in [4.69, 9.17) is 15.9 Å². The molecule has 6 nitrogen and oxygen atoms in total. The molecular formula is C27H32N4O2S. The van der Waals surface area contributed by atoms with Crippen molar-refractivity contribution in [2.24, 2.45) is 0 Å². The van der Waals surface area contributed by atoms with Gasteiger partial charge in [-0.25, -0.2) is 0 Å². The lowest BCUT2D eigenvalue weighted by Gasteiger charge is -2.31. The number of benzene rings is 2. The minimum atomic E-state index is -0.184. The van der Waals surface area contributed by atoms with Gasteiger partial charge in [0.25, 0.3) is 5.91 Å². The number of ether oxygens (including phenoxy) is 1. The van der Waals surface area contributed by atoms with Crippen LogP contribution in [-0.2, 0) is 6.54 Å². The molecule has 1 fully saturated rings. The Morgan fingerprint density at radius 1 is 1.15 bits per heavy atom. The van der Waals surface area contributed by atoms with Crippen LogP contribution < -0.4 is 15.8 Å². The van der Waals surface area contributed by atoms with Gasteiger partial charge in [0.05, 0.1) is 12.3 Å². The number of anilines is 1. The van der Waals surface area contributed by atoms with Crippen LogP contribution in [0.2, 0.25) is 0 Å². The molecule has 0 radical (unpaired) electrons. The minimum absolute atomic E-state index is 0.184. The number of nitrogens with one attached hydrogen (secondary N) is 2. The molecule has 1 amide bonds. The molecule has 0 bridgehead atoms. The third-order valence-corrected chi connectivity index (χ3v) is 6.98. The summed E-state index contributed by atoms with van der Waals surface area (Å²) >= 11 is 1.60. The molecular weight excluding hydrogens is 444 g/mol. The molecule has 0 unspecified atom stereocenters. The Morgan fingerprint density at radius 2 is 1.88 bits per heavy atom. The number of hydrogen-bond acceptors (Lipinski definition) is 6. The number of nitrogens with two attached hydrogens (primary N) is 1. The zero-order valence-electron chi connectivity index (χ0n) is 19.5. The Morgan fingerprint density at radius 3 is 2.56 bits per heavy atom. The molecule has 7 heteroatoms. The number of likely N-dealkylation sites (tertiary alicyclic amines) is 1. The Balaban J connectivity index is 1.38. The van der Waals surface area contributed by atoms with Crippen molar-refractivity contribution in [3.63, 3.8) is 0 Å². The van der Waals surface area contributed by atoms with Crippen LogP contribution >= 0.6 is 11.3 Å². The molecule has 0 aliphatic carbocycles. The van der Waals surface area contributed by atoms with Crippen LogP contribution in [0.3, 0.4) is 0 Å². The van der Waals surface area contributed by atoms with Crippen LogP contribution in [0.5, 0.6) is 5.75 Å². The lowest BCUT2D eigenvalue weighted by molar-refractivity contribution is 0.0951. The number of piperidine rings is 1. The van der Waals surface area contributed by atoms with E-state index in [9.17, 15) is 4.79 Å². The second-order valence-corrected chi connectivity index (χ2v) is 9.65. The standard InChI is InChI=1S/C27H32N4O2S/c1-2-13-31-14-11-22(12-15-31)33-21-8-5-19(6-9-21)26(29)24-17-20(7-10-25(24)28)27(32)30-18-23-4-3-16-34-23/h3-10,16-17,22,29H,2,11-15,18,28H2,1H3,(H,30,32). The van der Waals surface area contributed by atoms with E-state index in [2.05, 4.69) is 17.1 Å². The first-order valence-corrected chi connectivity index (χ1v) is 12.7. The van der Waals surface area contributed by atoms with Gasteiger partial charge in [-0.1, -0.05) is 13.0 Å². The average molecular weight is 477 g/mol. The first-order valence-electron chi connectivity index (χ1n) is 11.8. The quantitative estimate of drug-likeness (QED) is 0.302. The molecule has 1 aliphatic heterocycles. The van der Waals surface area contributed by atoms with Crippen LogP contribution in [-0.4, -0.2) is 42.3 Å². The molecule has 34 heavy (non-hydrogen) atoms. The largest absolute Gasteiger partial charge is 0.490 e. The summed E-state index contributed by atoms with van der Waals surface area (Å²) in [6.45, 7) is 6.01. The fourth-order valence-electron chi connectivity index (χ4n) is 4.21. The van der Waals surface area contributed by atoms with Crippen molar-refractivity contribution in [1.29, 1.82) is 5.41 Å². The van der Waals surface area contributed by atoms with Crippen molar-refractivity contribution in [2.45, 2.75) is 38.8 Å². The summed E-state index contributed by atoms with van der Waals surface area (Å²) in [5.41, 5.74) is 8.68. The van der Waals surface area contributed by atoms with Crippen molar-refractivity contribution >= 4 is 28.6 Å². The zero-order chi connectivity index (χ0) is 23.9. The number of nitrogens with zero attached hydrogens (tertiary/aromatic N) is 1. The third-order valence-electron chi connectivity index (χ3n) is 6.11. The van der Waals surface area contributed by atoms with Gasteiger partial charge >= 0.3 is 0 Å². The van der Waals surface area contributed by atoms with Crippen LogP contribution in [0, 0.1) is 5.41 Å². The molecule has 2 aromatic carbocycles. The van der Waals surface area contributed by atoms with E-state index in [-0.39, 0.29) is 17.7 Å². The molecule has 0 atom stereocenters. The summed E-state index contributed by atoms with van der Waals surface area (Å²) in [6, 6.07) is 16.6. The molecule has 178 valence electrons. The third kappa shape index (κ3) is 6.04. The van der Waals surface area contributed by atoms with E-state index in [1.54, 1.807) is 29.5 Å². The molecule has 4 N–H and O–H groups in total. The minimum Gasteiger partial charge on any atom is -0.490 e. The fourth-order valence-corrected chi connectivity index (χ4v) is 4.86. The summed E-state index contributed by atoms with van der Waals surface area (Å²) in [4.78, 5) is 16.2. The molecule has 0 spiro atoms. The van der Waals surface area contributed by atoms with Gasteiger partial charge in [0, 0.05) is 40.3 Å². The highest BCUT2D eigenvalue weighted by Gasteiger charge is 2.20. The Bertz CT molecular complexity index is 1100.